The molecular formula is C13H17ClN4O2S. The Morgan fingerprint density at radius 3 is 2.62 bits per heavy atom. The van der Waals surface area contributed by atoms with E-state index in [1.807, 2.05) is 0 Å². The predicted molar refractivity (Wildman–Crippen MR) is 81.1 cm³/mol. The zero-order chi connectivity index (χ0) is 15.0. The first-order valence-electron chi connectivity index (χ1n) is 6.89. The summed E-state index contributed by atoms with van der Waals surface area (Å²) < 4.78 is 28.7. The van der Waals surface area contributed by atoms with E-state index in [0.29, 0.717) is 18.7 Å². The number of hydrogen-bond acceptors (Lipinski definition) is 4. The molecule has 6 nitrogen and oxygen atoms in total. The number of aromatic nitrogens is 2. The van der Waals surface area contributed by atoms with Gasteiger partial charge in [0, 0.05) is 32.4 Å². The molecule has 1 fully saturated rings. The van der Waals surface area contributed by atoms with E-state index in [1.54, 1.807) is 24.4 Å². The molecule has 1 aliphatic heterocycles. The second-order valence-corrected chi connectivity index (χ2v) is 7.19. The molecule has 0 unspecified atom stereocenters. The largest absolute Gasteiger partial charge is 0.301 e. The van der Waals surface area contributed by atoms with Gasteiger partial charge in [-0.05, 0) is 18.7 Å². The second-order valence-electron chi connectivity index (χ2n) is 4.97. The zero-order valence-corrected chi connectivity index (χ0v) is 13.3. The number of nitrogens with zero attached hydrogens (tertiary/aromatic N) is 4. The molecule has 0 spiro atoms. The van der Waals surface area contributed by atoms with Crippen LogP contribution in [0.4, 0.5) is 0 Å². The molecule has 0 aromatic carbocycles. The van der Waals surface area contributed by atoms with Crippen LogP contribution in [0.25, 0.3) is 5.65 Å². The smallest absolute Gasteiger partial charge is 0.262 e. The summed E-state index contributed by atoms with van der Waals surface area (Å²) in [6, 6.07) is 5.30. The Hall–Kier alpha value is -1.15. The van der Waals surface area contributed by atoms with Crippen molar-refractivity contribution in [3.05, 3.63) is 29.5 Å². The lowest BCUT2D eigenvalue weighted by molar-refractivity contribution is 0.196. The molecule has 21 heavy (non-hydrogen) atoms. The lowest BCUT2D eigenvalue weighted by Crippen LogP contribution is -2.48. The second kappa shape index (κ2) is 5.57. The van der Waals surface area contributed by atoms with E-state index in [1.165, 1.54) is 8.71 Å². The van der Waals surface area contributed by atoms with E-state index in [9.17, 15) is 8.42 Å². The van der Waals surface area contributed by atoms with Crippen molar-refractivity contribution in [1.82, 2.24) is 18.6 Å². The highest BCUT2D eigenvalue weighted by atomic mass is 35.5. The van der Waals surface area contributed by atoms with Crippen molar-refractivity contribution >= 4 is 27.3 Å². The molecule has 8 heteroatoms. The van der Waals surface area contributed by atoms with E-state index in [0.717, 1.165) is 19.6 Å². The lowest BCUT2D eigenvalue weighted by Gasteiger charge is -2.33. The average molecular weight is 329 g/mol. The van der Waals surface area contributed by atoms with Crippen LogP contribution in [0.2, 0.25) is 5.15 Å². The molecule has 1 aliphatic rings. The summed E-state index contributed by atoms with van der Waals surface area (Å²) in [4.78, 5) is 6.34. The normalized spacial score (nSPS) is 18.4. The number of likely N-dealkylation sites (N-methyl/N-ethyl adjacent to an activating group) is 1. The van der Waals surface area contributed by atoms with E-state index >= 15 is 0 Å². The van der Waals surface area contributed by atoms with Crippen LogP contribution in [0, 0.1) is 0 Å². The summed E-state index contributed by atoms with van der Waals surface area (Å²) in [5, 5.41) is 0.0869. The first-order valence-corrected chi connectivity index (χ1v) is 8.71. The number of rotatable bonds is 3. The van der Waals surface area contributed by atoms with Gasteiger partial charge in [-0.1, -0.05) is 24.6 Å². The summed E-state index contributed by atoms with van der Waals surface area (Å²) in [6.07, 6.45) is 1.67. The number of piperazine rings is 1. The first-order chi connectivity index (χ1) is 10.0. The maximum Gasteiger partial charge on any atom is 0.262 e. The van der Waals surface area contributed by atoms with Gasteiger partial charge in [0.05, 0.1) is 0 Å². The summed E-state index contributed by atoms with van der Waals surface area (Å²) in [5.41, 5.74) is 0.535. The van der Waals surface area contributed by atoms with Gasteiger partial charge < -0.3 is 4.90 Å². The number of imidazole rings is 1. The van der Waals surface area contributed by atoms with Gasteiger partial charge in [0.15, 0.2) is 10.2 Å². The summed E-state index contributed by atoms with van der Waals surface area (Å²) in [6.45, 7) is 5.45. The van der Waals surface area contributed by atoms with Gasteiger partial charge in [-0.15, -0.1) is 0 Å². The van der Waals surface area contributed by atoms with Gasteiger partial charge in [-0.2, -0.15) is 4.31 Å². The summed E-state index contributed by atoms with van der Waals surface area (Å²) in [5.74, 6) is 0. The number of pyridine rings is 1. The van der Waals surface area contributed by atoms with Crippen LogP contribution in [0.3, 0.4) is 0 Å². The van der Waals surface area contributed by atoms with E-state index in [-0.39, 0.29) is 10.2 Å². The monoisotopic (exact) mass is 328 g/mol. The van der Waals surface area contributed by atoms with Crippen LogP contribution >= 0.6 is 11.6 Å². The van der Waals surface area contributed by atoms with Crippen LogP contribution in [0.1, 0.15) is 6.92 Å². The van der Waals surface area contributed by atoms with Crippen LogP contribution in [-0.2, 0) is 10.0 Å². The minimum Gasteiger partial charge on any atom is -0.301 e. The van der Waals surface area contributed by atoms with Crippen molar-refractivity contribution in [2.75, 3.05) is 32.7 Å². The third-order valence-electron chi connectivity index (χ3n) is 3.81. The molecule has 1 saturated heterocycles. The molecule has 0 bridgehead atoms. The third-order valence-corrected chi connectivity index (χ3v) is 6.11. The molecule has 0 radical (unpaired) electrons. The van der Waals surface area contributed by atoms with Gasteiger partial charge in [0.2, 0.25) is 0 Å². The van der Waals surface area contributed by atoms with Crippen LogP contribution in [0.5, 0.6) is 0 Å². The Kier molecular flexibility index (Phi) is 3.92. The van der Waals surface area contributed by atoms with Gasteiger partial charge in [0.1, 0.15) is 5.65 Å². The van der Waals surface area contributed by atoms with Crippen molar-refractivity contribution in [1.29, 1.82) is 0 Å². The van der Waals surface area contributed by atoms with Gasteiger partial charge in [-0.3, -0.25) is 4.40 Å². The summed E-state index contributed by atoms with van der Waals surface area (Å²) >= 11 is 6.08. The van der Waals surface area contributed by atoms with Crippen LogP contribution in [-0.4, -0.2) is 59.7 Å². The predicted octanol–water partition coefficient (Wildman–Crippen LogP) is 1.31. The van der Waals surface area contributed by atoms with Crippen molar-refractivity contribution in [2.45, 2.75) is 11.9 Å². The fraction of sp³-hybridized carbons (Fsp3) is 0.462. The first kappa shape index (κ1) is 14.8. The molecule has 0 amide bonds. The Bertz CT molecular complexity index is 751. The minimum atomic E-state index is -3.63. The van der Waals surface area contributed by atoms with Gasteiger partial charge >= 0.3 is 0 Å². The van der Waals surface area contributed by atoms with E-state index in [4.69, 9.17) is 11.6 Å². The molecule has 114 valence electrons. The Balaban J connectivity index is 1.99. The maximum atomic E-state index is 12.8. The minimum absolute atomic E-state index is 0.0270. The fourth-order valence-corrected chi connectivity index (χ4v) is 4.60. The van der Waals surface area contributed by atoms with Crippen LogP contribution in [0.15, 0.2) is 29.4 Å². The highest BCUT2D eigenvalue weighted by molar-refractivity contribution is 7.89. The number of hydrogen-bond donors (Lipinski definition) is 0. The average Bonchev–Trinajstić information content (AvgIpc) is 2.83. The molecule has 0 atom stereocenters. The molecule has 3 heterocycles. The highest BCUT2D eigenvalue weighted by Gasteiger charge is 2.33. The summed E-state index contributed by atoms with van der Waals surface area (Å²) in [7, 11) is -3.63. The van der Waals surface area contributed by atoms with E-state index in [2.05, 4.69) is 16.8 Å². The Labute approximate surface area is 129 Å². The molecule has 3 rings (SSSR count). The maximum absolute atomic E-state index is 12.8. The van der Waals surface area contributed by atoms with Crippen molar-refractivity contribution in [3.8, 4) is 0 Å². The molecule has 0 N–H and O–H groups in total. The standard InChI is InChI=1S/C13H17ClN4O2S/c1-2-16-7-9-17(10-8-16)21(19,20)13-12(14)15-11-5-3-4-6-18(11)13/h3-6H,2,7-10H2,1H3. The molecule has 0 aliphatic carbocycles. The molecule has 2 aromatic heterocycles. The van der Waals surface area contributed by atoms with Gasteiger partial charge in [-0.25, -0.2) is 13.4 Å². The Morgan fingerprint density at radius 1 is 1.24 bits per heavy atom. The van der Waals surface area contributed by atoms with Crippen molar-refractivity contribution < 1.29 is 8.42 Å². The van der Waals surface area contributed by atoms with Crippen molar-refractivity contribution in [2.24, 2.45) is 0 Å². The number of halogens is 1. The molecule has 0 saturated carbocycles. The number of sulfonamides is 1. The molecule has 2 aromatic rings. The number of fused-ring (bicyclic) bond motifs is 1. The third kappa shape index (κ3) is 2.55. The molecular weight excluding hydrogens is 312 g/mol. The quantitative estimate of drug-likeness (QED) is 0.852. The van der Waals surface area contributed by atoms with Gasteiger partial charge in [0.25, 0.3) is 10.0 Å². The van der Waals surface area contributed by atoms with E-state index < -0.39 is 10.0 Å². The Morgan fingerprint density at radius 2 is 1.95 bits per heavy atom. The highest BCUT2D eigenvalue weighted by Crippen LogP contribution is 2.26. The SMILES string of the molecule is CCN1CCN(S(=O)(=O)c2c(Cl)nc3ccccn23)CC1. The topological polar surface area (TPSA) is 57.9 Å². The van der Waals surface area contributed by atoms with Crippen molar-refractivity contribution in [3.63, 3.8) is 0 Å². The lowest BCUT2D eigenvalue weighted by atomic mass is 10.4. The fourth-order valence-electron chi connectivity index (χ4n) is 2.58. The van der Waals surface area contributed by atoms with Crippen LogP contribution < -0.4 is 0 Å². The zero-order valence-electron chi connectivity index (χ0n) is 11.7.